The minimum absolute atomic E-state index is 0.117. The van der Waals surface area contributed by atoms with E-state index in [1.807, 2.05) is 39.0 Å². The van der Waals surface area contributed by atoms with Crippen LogP contribution in [0.25, 0.3) is 5.65 Å². The molecule has 1 amide bonds. The molecule has 0 saturated carbocycles. The molecule has 0 radical (unpaired) electrons. The highest BCUT2D eigenvalue weighted by atomic mass is 16.5. The number of para-hydroxylation sites is 1. The number of amides is 1. The van der Waals surface area contributed by atoms with E-state index in [0.29, 0.717) is 17.8 Å². The van der Waals surface area contributed by atoms with E-state index >= 15 is 0 Å². The molecule has 1 N–H and O–H groups in total. The van der Waals surface area contributed by atoms with Gasteiger partial charge in [-0.05, 0) is 44.0 Å². The molecule has 1 aromatic carbocycles. The highest BCUT2D eigenvalue weighted by Gasteiger charge is 2.12. The average molecular weight is 324 g/mol. The minimum atomic E-state index is -0.150. The fourth-order valence-corrected chi connectivity index (χ4v) is 2.55. The van der Waals surface area contributed by atoms with Crippen molar-refractivity contribution in [3.05, 3.63) is 59.5 Å². The number of nitrogens with zero attached hydrogens (tertiary/aromatic N) is 3. The van der Waals surface area contributed by atoms with Crippen molar-refractivity contribution in [1.29, 1.82) is 0 Å². The number of ether oxygens (including phenoxy) is 1. The van der Waals surface area contributed by atoms with E-state index in [2.05, 4.69) is 15.5 Å². The first-order chi connectivity index (χ1) is 11.5. The van der Waals surface area contributed by atoms with Gasteiger partial charge in [-0.15, -0.1) is 10.2 Å². The maximum absolute atomic E-state index is 12.3. The molecule has 124 valence electrons. The Balaban J connectivity index is 1.61. The van der Waals surface area contributed by atoms with Crippen LogP contribution in [0.3, 0.4) is 0 Å². The van der Waals surface area contributed by atoms with Gasteiger partial charge in [-0.25, -0.2) is 0 Å². The number of rotatable bonds is 5. The van der Waals surface area contributed by atoms with Crippen LogP contribution in [0.4, 0.5) is 0 Å². The molecule has 0 aliphatic rings. The van der Waals surface area contributed by atoms with E-state index in [0.717, 1.165) is 16.9 Å². The highest BCUT2D eigenvalue weighted by molar-refractivity contribution is 5.94. The van der Waals surface area contributed by atoms with Crippen LogP contribution < -0.4 is 10.1 Å². The monoisotopic (exact) mass is 324 g/mol. The zero-order chi connectivity index (χ0) is 17.1. The van der Waals surface area contributed by atoms with Crippen molar-refractivity contribution in [1.82, 2.24) is 19.9 Å². The molecular weight excluding hydrogens is 304 g/mol. The Bertz CT molecular complexity index is 852. The summed E-state index contributed by atoms with van der Waals surface area (Å²) < 4.78 is 7.60. The third-order valence-electron chi connectivity index (χ3n) is 3.82. The zero-order valence-corrected chi connectivity index (χ0v) is 14.0. The zero-order valence-electron chi connectivity index (χ0n) is 14.0. The van der Waals surface area contributed by atoms with E-state index in [1.54, 1.807) is 29.1 Å². The van der Waals surface area contributed by atoms with E-state index in [1.165, 1.54) is 0 Å². The first-order valence-corrected chi connectivity index (χ1v) is 7.84. The average Bonchev–Trinajstić information content (AvgIpc) is 3.01. The molecule has 0 aliphatic heterocycles. The summed E-state index contributed by atoms with van der Waals surface area (Å²) in [6.45, 7) is 6.36. The quantitative estimate of drug-likeness (QED) is 0.783. The standard InChI is InChI=1S/C18H20N4O2/c1-12-5-4-6-13(2)17(12)24-10-14(3)20-18(23)15-7-8-16-21-19-11-22(16)9-15/h4-9,11,14H,10H2,1-3H3,(H,20,23). The third kappa shape index (κ3) is 3.37. The molecule has 1 atom stereocenters. The van der Waals surface area contributed by atoms with E-state index < -0.39 is 0 Å². The predicted molar refractivity (Wildman–Crippen MR) is 91.3 cm³/mol. The van der Waals surface area contributed by atoms with Crippen molar-refractivity contribution in [2.45, 2.75) is 26.8 Å². The number of aryl methyl sites for hydroxylation is 2. The second kappa shape index (κ2) is 6.70. The molecule has 0 aliphatic carbocycles. The van der Waals surface area contributed by atoms with Crippen molar-refractivity contribution >= 4 is 11.6 Å². The Morgan fingerprint density at radius 1 is 1.25 bits per heavy atom. The summed E-state index contributed by atoms with van der Waals surface area (Å²) in [7, 11) is 0. The van der Waals surface area contributed by atoms with Gasteiger partial charge in [0.2, 0.25) is 0 Å². The molecule has 6 heteroatoms. The maximum Gasteiger partial charge on any atom is 0.253 e. The topological polar surface area (TPSA) is 68.5 Å². The van der Waals surface area contributed by atoms with Gasteiger partial charge < -0.3 is 10.1 Å². The van der Waals surface area contributed by atoms with Crippen LogP contribution in [0, 0.1) is 13.8 Å². The maximum atomic E-state index is 12.3. The Morgan fingerprint density at radius 2 is 2.00 bits per heavy atom. The molecule has 3 aromatic rings. The number of fused-ring (bicyclic) bond motifs is 1. The SMILES string of the molecule is Cc1cccc(C)c1OCC(C)NC(=O)c1ccc2nncn2c1. The summed E-state index contributed by atoms with van der Waals surface area (Å²) >= 11 is 0. The molecule has 2 aromatic heterocycles. The molecule has 0 bridgehead atoms. The van der Waals surface area contributed by atoms with Crippen molar-refractivity contribution in [2.75, 3.05) is 6.61 Å². The molecule has 0 saturated heterocycles. The van der Waals surface area contributed by atoms with Crippen LogP contribution in [-0.2, 0) is 0 Å². The van der Waals surface area contributed by atoms with Crippen LogP contribution >= 0.6 is 0 Å². The van der Waals surface area contributed by atoms with Gasteiger partial charge in [0, 0.05) is 6.20 Å². The second-order valence-electron chi connectivity index (χ2n) is 5.92. The fraction of sp³-hybridized carbons (Fsp3) is 0.278. The van der Waals surface area contributed by atoms with Crippen molar-refractivity contribution in [3.8, 4) is 5.75 Å². The number of hydrogen-bond donors (Lipinski definition) is 1. The number of nitrogens with one attached hydrogen (secondary N) is 1. The lowest BCUT2D eigenvalue weighted by molar-refractivity contribution is 0.0926. The number of pyridine rings is 1. The lowest BCUT2D eigenvalue weighted by Gasteiger charge is -2.17. The first kappa shape index (κ1) is 16.0. The molecular formula is C18H20N4O2. The first-order valence-electron chi connectivity index (χ1n) is 7.84. The van der Waals surface area contributed by atoms with Gasteiger partial charge in [0.15, 0.2) is 5.65 Å². The second-order valence-corrected chi connectivity index (χ2v) is 5.92. The van der Waals surface area contributed by atoms with E-state index in [4.69, 9.17) is 4.74 Å². The van der Waals surface area contributed by atoms with Crippen LogP contribution in [0.2, 0.25) is 0 Å². The minimum Gasteiger partial charge on any atom is -0.491 e. The number of benzene rings is 1. The Morgan fingerprint density at radius 3 is 2.75 bits per heavy atom. The Kier molecular flexibility index (Phi) is 4.46. The van der Waals surface area contributed by atoms with Crippen LogP contribution in [0.15, 0.2) is 42.9 Å². The lowest BCUT2D eigenvalue weighted by atomic mass is 10.1. The van der Waals surface area contributed by atoms with Gasteiger partial charge >= 0.3 is 0 Å². The molecule has 3 rings (SSSR count). The predicted octanol–water partition coefficient (Wildman–Crippen LogP) is 2.54. The van der Waals surface area contributed by atoms with Gasteiger partial charge in [-0.1, -0.05) is 18.2 Å². The fourth-order valence-electron chi connectivity index (χ4n) is 2.55. The van der Waals surface area contributed by atoms with Crippen molar-refractivity contribution < 1.29 is 9.53 Å². The molecule has 6 nitrogen and oxygen atoms in total. The summed E-state index contributed by atoms with van der Waals surface area (Å²) in [5, 5.41) is 10.7. The third-order valence-corrected chi connectivity index (χ3v) is 3.82. The summed E-state index contributed by atoms with van der Waals surface area (Å²) in [6.07, 6.45) is 3.28. The normalized spacial score (nSPS) is 12.1. The van der Waals surface area contributed by atoms with Crippen LogP contribution in [-0.4, -0.2) is 33.2 Å². The van der Waals surface area contributed by atoms with Gasteiger partial charge in [0.1, 0.15) is 18.7 Å². The van der Waals surface area contributed by atoms with E-state index in [9.17, 15) is 4.79 Å². The number of aromatic nitrogens is 3. The summed E-state index contributed by atoms with van der Waals surface area (Å²) in [6, 6.07) is 9.41. The Labute approximate surface area is 140 Å². The van der Waals surface area contributed by atoms with Gasteiger partial charge in [0.05, 0.1) is 11.6 Å². The summed E-state index contributed by atoms with van der Waals surface area (Å²) in [5.41, 5.74) is 3.44. The summed E-state index contributed by atoms with van der Waals surface area (Å²) in [4.78, 5) is 12.3. The largest absolute Gasteiger partial charge is 0.491 e. The lowest BCUT2D eigenvalue weighted by Crippen LogP contribution is -2.37. The number of carbonyl (C=O) groups excluding carboxylic acids is 1. The van der Waals surface area contributed by atoms with Gasteiger partial charge in [-0.3, -0.25) is 9.20 Å². The smallest absolute Gasteiger partial charge is 0.253 e. The van der Waals surface area contributed by atoms with Crippen LogP contribution in [0.1, 0.15) is 28.4 Å². The van der Waals surface area contributed by atoms with Gasteiger partial charge in [-0.2, -0.15) is 0 Å². The van der Waals surface area contributed by atoms with Gasteiger partial charge in [0.25, 0.3) is 5.91 Å². The van der Waals surface area contributed by atoms with E-state index in [-0.39, 0.29) is 11.9 Å². The molecule has 0 fully saturated rings. The molecule has 1 unspecified atom stereocenters. The number of carbonyl (C=O) groups is 1. The molecule has 24 heavy (non-hydrogen) atoms. The van der Waals surface area contributed by atoms with Crippen molar-refractivity contribution in [3.63, 3.8) is 0 Å². The molecule has 0 spiro atoms. The Hall–Kier alpha value is -2.89. The highest BCUT2D eigenvalue weighted by Crippen LogP contribution is 2.22. The number of hydrogen-bond acceptors (Lipinski definition) is 4. The molecule has 2 heterocycles. The summed E-state index contributed by atoms with van der Waals surface area (Å²) in [5.74, 6) is 0.729. The van der Waals surface area contributed by atoms with Crippen molar-refractivity contribution in [2.24, 2.45) is 0 Å². The van der Waals surface area contributed by atoms with Crippen LogP contribution in [0.5, 0.6) is 5.75 Å².